The van der Waals surface area contributed by atoms with Crippen molar-refractivity contribution in [3.05, 3.63) is 47.1 Å². The second kappa shape index (κ2) is 5.01. The molecule has 0 aliphatic carbocycles. The van der Waals surface area contributed by atoms with Crippen molar-refractivity contribution in [2.45, 2.75) is 38.9 Å². The lowest BCUT2D eigenvalue weighted by molar-refractivity contribution is 0.00578. The first-order chi connectivity index (χ1) is 9.80. The largest absolute Gasteiger partial charge is 0.512 e. The summed E-state index contributed by atoms with van der Waals surface area (Å²) in [5.41, 5.74) is 1.41. The standard InChI is InChI=1S/C16H19BBrNO2/c1-15(2)16(3,4)21-17(20-15)14-10-12(18)11-19(14)13-8-6-5-7-9-13/h5-11H,1-4H3. The monoisotopic (exact) mass is 347 g/mol. The number of para-hydroxylation sites is 1. The molecule has 0 spiro atoms. The minimum Gasteiger partial charge on any atom is -0.398 e. The van der Waals surface area contributed by atoms with Gasteiger partial charge < -0.3 is 13.9 Å². The third kappa shape index (κ3) is 2.58. The Kier molecular flexibility index (Phi) is 3.55. The van der Waals surface area contributed by atoms with Gasteiger partial charge in [0.2, 0.25) is 0 Å². The molecule has 0 bridgehead atoms. The molecule has 0 saturated carbocycles. The average Bonchev–Trinajstić information content (AvgIpc) is 2.89. The fourth-order valence-corrected chi connectivity index (χ4v) is 2.84. The lowest BCUT2D eigenvalue weighted by atomic mass is 9.84. The van der Waals surface area contributed by atoms with E-state index in [-0.39, 0.29) is 18.3 Å². The van der Waals surface area contributed by atoms with Gasteiger partial charge in [0.1, 0.15) is 0 Å². The summed E-state index contributed by atoms with van der Waals surface area (Å²) in [4.78, 5) is 0. The maximum absolute atomic E-state index is 6.16. The van der Waals surface area contributed by atoms with Crippen molar-refractivity contribution < 1.29 is 9.31 Å². The van der Waals surface area contributed by atoms with Crippen LogP contribution in [0.3, 0.4) is 0 Å². The van der Waals surface area contributed by atoms with Crippen molar-refractivity contribution in [3.8, 4) is 5.69 Å². The molecule has 21 heavy (non-hydrogen) atoms. The van der Waals surface area contributed by atoms with Gasteiger partial charge in [-0.15, -0.1) is 0 Å². The summed E-state index contributed by atoms with van der Waals surface area (Å²) < 4.78 is 15.4. The molecule has 110 valence electrons. The minimum atomic E-state index is -0.374. The molecule has 1 aliphatic heterocycles. The lowest BCUT2D eigenvalue weighted by Gasteiger charge is -2.32. The molecule has 0 amide bonds. The topological polar surface area (TPSA) is 23.4 Å². The van der Waals surface area contributed by atoms with Crippen molar-refractivity contribution >= 4 is 28.6 Å². The Morgan fingerprint density at radius 3 is 2.14 bits per heavy atom. The van der Waals surface area contributed by atoms with Gasteiger partial charge in [0.05, 0.1) is 16.8 Å². The Hall–Kier alpha value is -1.04. The molecule has 0 unspecified atom stereocenters. The Balaban J connectivity index is 2.02. The predicted octanol–water partition coefficient (Wildman–Crippen LogP) is 3.54. The molecule has 3 nitrogen and oxygen atoms in total. The molecular formula is C16H19BBrNO2. The van der Waals surface area contributed by atoms with Gasteiger partial charge in [0.15, 0.2) is 0 Å². The van der Waals surface area contributed by atoms with Crippen LogP contribution in [0.5, 0.6) is 0 Å². The molecule has 1 aromatic carbocycles. The molecular weight excluding hydrogens is 329 g/mol. The Morgan fingerprint density at radius 2 is 1.57 bits per heavy atom. The first-order valence-corrected chi connectivity index (χ1v) is 7.88. The van der Waals surface area contributed by atoms with Crippen LogP contribution in [-0.2, 0) is 9.31 Å². The van der Waals surface area contributed by atoms with Crippen LogP contribution in [0.4, 0.5) is 0 Å². The zero-order valence-electron chi connectivity index (χ0n) is 12.8. The van der Waals surface area contributed by atoms with Gasteiger partial charge in [-0.1, -0.05) is 18.2 Å². The number of benzene rings is 1. The molecule has 1 aliphatic rings. The maximum Gasteiger partial charge on any atom is 0.512 e. The van der Waals surface area contributed by atoms with Crippen LogP contribution in [0.25, 0.3) is 5.69 Å². The normalized spacial score (nSPS) is 20.0. The second-order valence-electron chi connectivity index (χ2n) is 6.38. The SMILES string of the molecule is CC1(C)OB(c2cc(Br)cn2-c2ccccc2)OC1(C)C. The van der Waals surface area contributed by atoms with E-state index in [4.69, 9.17) is 9.31 Å². The van der Waals surface area contributed by atoms with Crippen LogP contribution in [0, 0.1) is 0 Å². The van der Waals surface area contributed by atoms with E-state index < -0.39 is 0 Å². The van der Waals surface area contributed by atoms with Crippen molar-refractivity contribution in [1.82, 2.24) is 4.57 Å². The molecule has 2 heterocycles. The van der Waals surface area contributed by atoms with Crippen LogP contribution in [-0.4, -0.2) is 22.9 Å². The highest BCUT2D eigenvalue weighted by Crippen LogP contribution is 2.36. The van der Waals surface area contributed by atoms with Gasteiger partial charge in [-0.05, 0) is 61.8 Å². The molecule has 0 radical (unpaired) electrons. The summed E-state index contributed by atoms with van der Waals surface area (Å²) in [5, 5.41) is 0. The van der Waals surface area contributed by atoms with E-state index in [9.17, 15) is 0 Å². The molecule has 1 saturated heterocycles. The summed E-state index contributed by atoms with van der Waals surface area (Å²) in [6.07, 6.45) is 2.04. The molecule has 1 fully saturated rings. The summed E-state index contributed by atoms with van der Waals surface area (Å²) in [5.74, 6) is 0. The summed E-state index contributed by atoms with van der Waals surface area (Å²) in [7, 11) is -0.374. The van der Waals surface area contributed by atoms with Crippen molar-refractivity contribution in [2.75, 3.05) is 0 Å². The third-order valence-electron chi connectivity index (χ3n) is 4.35. The molecule has 1 aromatic heterocycles. The fraction of sp³-hybridized carbons (Fsp3) is 0.375. The smallest absolute Gasteiger partial charge is 0.398 e. The van der Waals surface area contributed by atoms with Crippen molar-refractivity contribution in [3.63, 3.8) is 0 Å². The van der Waals surface area contributed by atoms with E-state index in [1.807, 2.05) is 24.4 Å². The number of rotatable bonds is 2. The van der Waals surface area contributed by atoms with Gasteiger partial charge in [-0.3, -0.25) is 0 Å². The van der Waals surface area contributed by atoms with E-state index in [1.54, 1.807) is 0 Å². The van der Waals surface area contributed by atoms with Gasteiger partial charge in [0, 0.05) is 16.4 Å². The number of aromatic nitrogens is 1. The quantitative estimate of drug-likeness (QED) is 0.776. The lowest BCUT2D eigenvalue weighted by Crippen LogP contribution is -2.41. The van der Waals surface area contributed by atoms with Crippen LogP contribution >= 0.6 is 15.9 Å². The van der Waals surface area contributed by atoms with E-state index in [0.717, 1.165) is 15.8 Å². The van der Waals surface area contributed by atoms with Crippen LogP contribution in [0.2, 0.25) is 0 Å². The van der Waals surface area contributed by atoms with E-state index >= 15 is 0 Å². The average molecular weight is 348 g/mol. The Morgan fingerprint density at radius 1 is 1.00 bits per heavy atom. The molecule has 0 N–H and O–H groups in total. The van der Waals surface area contributed by atoms with Gasteiger partial charge in [-0.2, -0.15) is 0 Å². The highest BCUT2D eigenvalue weighted by atomic mass is 79.9. The van der Waals surface area contributed by atoms with Crippen molar-refractivity contribution in [1.29, 1.82) is 0 Å². The van der Waals surface area contributed by atoms with Gasteiger partial charge >= 0.3 is 7.12 Å². The first kappa shape index (κ1) is 14.9. The zero-order chi connectivity index (χ0) is 15.3. The Labute approximate surface area is 134 Å². The fourth-order valence-electron chi connectivity index (χ4n) is 2.40. The van der Waals surface area contributed by atoms with Gasteiger partial charge in [-0.25, -0.2) is 0 Å². The first-order valence-electron chi connectivity index (χ1n) is 7.09. The van der Waals surface area contributed by atoms with E-state index in [2.05, 4.69) is 66.4 Å². The highest BCUT2D eigenvalue weighted by molar-refractivity contribution is 9.10. The maximum atomic E-state index is 6.16. The van der Waals surface area contributed by atoms with E-state index in [1.165, 1.54) is 0 Å². The summed E-state index contributed by atoms with van der Waals surface area (Å²) in [6.45, 7) is 8.27. The van der Waals surface area contributed by atoms with Crippen LogP contribution in [0.15, 0.2) is 47.1 Å². The second-order valence-corrected chi connectivity index (χ2v) is 7.29. The molecule has 2 aromatic rings. The minimum absolute atomic E-state index is 0.337. The summed E-state index contributed by atoms with van der Waals surface area (Å²) in [6, 6.07) is 12.3. The van der Waals surface area contributed by atoms with Crippen LogP contribution in [0.1, 0.15) is 27.7 Å². The number of hydrogen-bond donors (Lipinski definition) is 0. The summed E-state index contributed by atoms with van der Waals surface area (Å²) >= 11 is 3.55. The third-order valence-corrected chi connectivity index (χ3v) is 4.78. The zero-order valence-corrected chi connectivity index (χ0v) is 14.3. The number of halogens is 1. The number of hydrogen-bond acceptors (Lipinski definition) is 2. The Bertz CT molecular complexity index is 636. The van der Waals surface area contributed by atoms with Crippen molar-refractivity contribution in [2.24, 2.45) is 0 Å². The highest BCUT2D eigenvalue weighted by Gasteiger charge is 2.52. The van der Waals surface area contributed by atoms with Gasteiger partial charge in [0.25, 0.3) is 0 Å². The predicted molar refractivity (Wildman–Crippen MR) is 89.2 cm³/mol. The molecule has 0 atom stereocenters. The van der Waals surface area contributed by atoms with Crippen LogP contribution < -0.4 is 5.59 Å². The number of nitrogens with zero attached hydrogens (tertiary/aromatic N) is 1. The molecule has 5 heteroatoms. The van der Waals surface area contributed by atoms with E-state index in [0.29, 0.717) is 0 Å². The molecule has 3 rings (SSSR count).